The molecule has 0 aliphatic carbocycles. The molecule has 0 amide bonds. The molecule has 0 saturated carbocycles. The van der Waals surface area contributed by atoms with E-state index in [1.165, 1.54) is 6.07 Å². The number of hydrogen-bond acceptors (Lipinski definition) is 4. The van der Waals surface area contributed by atoms with E-state index in [2.05, 4.69) is 36.8 Å². The number of ether oxygens (including phenoxy) is 1. The quantitative estimate of drug-likeness (QED) is 0.301. The van der Waals surface area contributed by atoms with Crippen LogP contribution in [-0.4, -0.2) is 10.1 Å². The number of H-pyrrole nitrogens is 1. The first-order chi connectivity index (χ1) is 15.5. The summed E-state index contributed by atoms with van der Waals surface area (Å²) < 4.78 is 7.38. The van der Waals surface area contributed by atoms with Gasteiger partial charge in [-0.15, -0.1) is 0 Å². The second-order valence-corrected chi connectivity index (χ2v) is 8.76. The molecular weight excluding hydrogens is 536 g/mol. The molecule has 2 N–H and O–H groups in total. The molecule has 7 heteroatoms. The Morgan fingerprint density at radius 1 is 0.938 bits per heavy atom. The zero-order valence-electron chi connectivity index (χ0n) is 16.6. The number of aromatic nitrogens is 1. The van der Waals surface area contributed by atoms with Crippen LogP contribution in [-0.2, 0) is 6.61 Å². The van der Waals surface area contributed by atoms with Gasteiger partial charge in [0.2, 0.25) is 0 Å². The van der Waals surface area contributed by atoms with Gasteiger partial charge >= 0.3 is 0 Å². The van der Waals surface area contributed by atoms with Crippen molar-refractivity contribution in [3.8, 4) is 40.0 Å². The number of nitrogens with zero attached hydrogens (tertiary/aromatic N) is 1. The fourth-order valence-electron chi connectivity index (χ4n) is 3.29. The number of nitrogens with one attached hydrogen (secondary N) is 1. The first-order valence-electron chi connectivity index (χ1n) is 9.59. The van der Waals surface area contributed by atoms with E-state index in [9.17, 15) is 15.2 Å². The monoisotopic (exact) mass is 550 g/mol. The second-order valence-electron chi connectivity index (χ2n) is 6.99. The topological polar surface area (TPSA) is 86.1 Å². The minimum Gasteiger partial charge on any atom is -0.507 e. The zero-order valence-corrected chi connectivity index (χ0v) is 19.8. The van der Waals surface area contributed by atoms with Crippen molar-refractivity contribution in [1.82, 2.24) is 4.98 Å². The maximum Gasteiger partial charge on any atom is 0.266 e. The first kappa shape index (κ1) is 21.9. The summed E-state index contributed by atoms with van der Waals surface area (Å²) in [6.07, 6.45) is 0. The first-order valence-corrected chi connectivity index (χ1v) is 11.2. The Labute approximate surface area is 201 Å². The van der Waals surface area contributed by atoms with Gasteiger partial charge in [0.15, 0.2) is 0 Å². The van der Waals surface area contributed by atoms with Crippen molar-refractivity contribution < 1.29 is 9.84 Å². The summed E-state index contributed by atoms with van der Waals surface area (Å²) in [5.74, 6) is 0.613. The van der Waals surface area contributed by atoms with Crippen LogP contribution < -0.4 is 10.3 Å². The summed E-state index contributed by atoms with van der Waals surface area (Å²) in [5.41, 5.74) is 2.36. The number of phenols is 1. The lowest BCUT2D eigenvalue weighted by Crippen LogP contribution is -2.13. The number of phenolic OH excluding ortho intramolecular Hbond substituents is 1. The van der Waals surface area contributed by atoms with Gasteiger partial charge < -0.3 is 14.8 Å². The molecule has 0 aliphatic heterocycles. The molecule has 0 bridgehead atoms. The fourth-order valence-corrected chi connectivity index (χ4v) is 4.11. The number of aromatic amines is 1. The van der Waals surface area contributed by atoms with Crippen LogP contribution in [0.4, 0.5) is 0 Å². The van der Waals surface area contributed by atoms with Crippen LogP contribution in [0.25, 0.3) is 22.4 Å². The molecule has 0 saturated heterocycles. The Bertz CT molecular complexity index is 1390. The summed E-state index contributed by atoms with van der Waals surface area (Å²) in [6, 6.07) is 23.8. The minimum atomic E-state index is -0.540. The van der Waals surface area contributed by atoms with Gasteiger partial charge in [-0.25, -0.2) is 0 Å². The summed E-state index contributed by atoms with van der Waals surface area (Å²) in [6.45, 7) is 0.388. The average molecular weight is 552 g/mol. The molecule has 0 atom stereocenters. The molecule has 0 fully saturated rings. The molecule has 0 radical (unpaired) electrons. The number of rotatable bonds is 5. The number of nitriles is 1. The maximum atomic E-state index is 12.7. The zero-order chi connectivity index (χ0) is 22.7. The Kier molecular flexibility index (Phi) is 6.45. The third kappa shape index (κ3) is 4.62. The van der Waals surface area contributed by atoms with Gasteiger partial charge in [-0.05, 0) is 48.0 Å². The fraction of sp³-hybridized carbons (Fsp3) is 0.0400. The van der Waals surface area contributed by atoms with Crippen LogP contribution in [0.1, 0.15) is 11.1 Å². The Morgan fingerprint density at radius 3 is 2.47 bits per heavy atom. The van der Waals surface area contributed by atoms with Crippen molar-refractivity contribution in [2.45, 2.75) is 6.61 Å². The summed E-state index contributed by atoms with van der Waals surface area (Å²) in [5, 5.41) is 20.0. The standard InChI is InChI=1S/C25H16Br2N2O3/c26-16-6-9-24(30)20(10-16)23-12-18(21(13-28)25(31)29-23)19-11-17(7-8-22(19)27)32-14-15-4-2-1-3-5-15/h1-12,30H,14H2,(H,29,31). The van der Waals surface area contributed by atoms with Gasteiger partial charge in [0.05, 0.1) is 5.69 Å². The van der Waals surface area contributed by atoms with Crippen LogP contribution in [0.3, 0.4) is 0 Å². The highest BCUT2D eigenvalue weighted by molar-refractivity contribution is 9.10. The Morgan fingerprint density at radius 2 is 1.72 bits per heavy atom. The molecule has 158 valence electrons. The van der Waals surface area contributed by atoms with Crippen LogP contribution >= 0.6 is 31.9 Å². The number of pyridine rings is 1. The van der Waals surface area contributed by atoms with Gasteiger partial charge in [-0.1, -0.05) is 62.2 Å². The van der Waals surface area contributed by atoms with E-state index in [0.29, 0.717) is 39.2 Å². The molecule has 5 nitrogen and oxygen atoms in total. The SMILES string of the molecule is N#Cc1c(-c2cc(OCc3ccccc3)ccc2Br)cc(-c2cc(Br)ccc2O)[nH]c1=O. The Hall–Kier alpha value is -3.34. The predicted octanol–water partition coefficient (Wildman–Crippen LogP) is 6.39. The predicted molar refractivity (Wildman–Crippen MR) is 130 cm³/mol. The molecule has 3 aromatic carbocycles. The molecule has 4 rings (SSSR count). The van der Waals surface area contributed by atoms with E-state index in [-0.39, 0.29) is 11.3 Å². The third-order valence-electron chi connectivity index (χ3n) is 4.87. The van der Waals surface area contributed by atoms with Crippen molar-refractivity contribution in [2.24, 2.45) is 0 Å². The van der Waals surface area contributed by atoms with E-state index in [1.54, 1.807) is 24.3 Å². The van der Waals surface area contributed by atoms with Crippen LogP contribution in [0.15, 0.2) is 86.5 Å². The van der Waals surface area contributed by atoms with Gasteiger partial charge in [0.1, 0.15) is 29.7 Å². The van der Waals surface area contributed by atoms with Crippen molar-refractivity contribution in [2.75, 3.05) is 0 Å². The highest BCUT2D eigenvalue weighted by atomic mass is 79.9. The van der Waals surface area contributed by atoms with E-state index in [0.717, 1.165) is 10.0 Å². The molecule has 0 spiro atoms. The molecular formula is C25H16Br2N2O3. The lowest BCUT2D eigenvalue weighted by molar-refractivity contribution is 0.306. The van der Waals surface area contributed by atoms with Crippen LogP contribution in [0, 0.1) is 11.3 Å². The number of benzene rings is 3. The van der Waals surface area contributed by atoms with E-state index >= 15 is 0 Å². The summed E-state index contributed by atoms with van der Waals surface area (Å²) in [4.78, 5) is 15.4. The van der Waals surface area contributed by atoms with Crippen LogP contribution in [0.2, 0.25) is 0 Å². The van der Waals surface area contributed by atoms with Crippen molar-refractivity contribution in [1.29, 1.82) is 5.26 Å². The van der Waals surface area contributed by atoms with Crippen LogP contribution in [0.5, 0.6) is 11.5 Å². The third-order valence-corrected chi connectivity index (χ3v) is 6.05. The minimum absolute atomic E-state index is 0.0125. The smallest absolute Gasteiger partial charge is 0.266 e. The van der Waals surface area contributed by atoms with Gasteiger partial charge in [0.25, 0.3) is 5.56 Å². The molecule has 32 heavy (non-hydrogen) atoms. The Balaban J connectivity index is 1.80. The molecule has 1 aromatic heterocycles. The maximum absolute atomic E-state index is 12.7. The van der Waals surface area contributed by atoms with Gasteiger partial charge in [-0.3, -0.25) is 4.79 Å². The van der Waals surface area contributed by atoms with E-state index in [1.807, 2.05) is 48.5 Å². The molecule has 1 heterocycles. The summed E-state index contributed by atoms with van der Waals surface area (Å²) in [7, 11) is 0. The number of halogens is 2. The van der Waals surface area contributed by atoms with E-state index < -0.39 is 5.56 Å². The van der Waals surface area contributed by atoms with E-state index in [4.69, 9.17) is 4.74 Å². The lowest BCUT2D eigenvalue weighted by atomic mass is 9.98. The molecule has 0 unspecified atom stereocenters. The average Bonchev–Trinajstić information content (AvgIpc) is 2.80. The highest BCUT2D eigenvalue weighted by Gasteiger charge is 2.17. The molecule has 4 aromatic rings. The summed E-state index contributed by atoms with van der Waals surface area (Å²) >= 11 is 6.91. The largest absolute Gasteiger partial charge is 0.507 e. The van der Waals surface area contributed by atoms with Gasteiger partial charge in [-0.2, -0.15) is 5.26 Å². The normalized spacial score (nSPS) is 10.5. The van der Waals surface area contributed by atoms with Crippen molar-refractivity contribution in [3.63, 3.8) is 0 Å². The number of hydrogen-bond donors (Lipinski definition) is 2. The number of aromatic hydroxyl groups is 1. The van der Waals surface area contributed by atoms with Gasteiger partial charge in [0, 0.05) is 25.6 Å². The highest BCUT2D eigenvalue weighted by Crippen LogP contribution is 2.37. The van der Waals surface area contributed by atoms with Crippen molar-refractivity contribution in [3.05, 3.63) is 103 Å². The second kappa shape index (κ2) is 9.43. The molecule has 0 aliphatic rings. The lowest BCUT2D eigenvalue weighted by Gasteiger charge is -2.13. The van der Waals surface area contributed by atoms with Crippen molar-refractivity contribution >= 4 is 31.9 Å².